The lowest BCUT2D eigenvalue weighted by Gasteiger charge is -2.26. The number of ether oxygens (including phenoxy) is 1. The molecule has 2 atom stereocenters. The molecule has 1 aromatic carbocycles. The van der Waals surface area contributed by atoms with Gasteiger partial charge in [-0.3, -0.25) is 0 Å². The average molecular weight is 399 g/mol. The zero-order valence-corrected chi connectivity index (χ0v) is 16.2. The molecule has 3 heterocycles. The van der Waals surface area contributed by atoms with E-state index < -0.39 is 10.0 Å². The molecule has 2 fully saturated rings. The summed E-state index contributed by atoms with van der Waals surface area (Å²) < 4.78 is 35.0. The van der Waals surface area contributed by atoms with Gasteiger partial charge in [0.1, 0.15) is 16.3 Å². The summed E-state index contributed by atoms with van der Waals surface area (Å²) in [6.07, 6.45) is 5.71. The van der Waals surface area contributed by atoms with Crippen molar-refractivity contribution in [1.82, 2.24) is 19.4 Å². The molecule has 142 valence electrons. The van der Waals surface area contributed by atoms with Crippen LogP contribution >= 0.6 is 12.4 Å². The molecule has 2 aliphatic heterocycles. The lowest BCUT2D eigenvalue weighted by Crippen LogP contribution is -2.42. The van der Waals surface area contributed by atoms with E-state index in [1.54, 1.807) is 22.3 Å². The molecule has 1 aromatic heterocycles. The van der Waals surface area contributed by atoms with Crippen molar-refractivity contribution in [2.75, 3.05) is 20.2 Å². The van der Waals surface area contributed by atoms with Gasteiger partial charge in [-0.2, -0.15) is 9.40 Å². The summed E-state index contributed by atoms with van der Waals surface area (Å²) in [6.45, 7) is 1.59. The molecule has 2 aliphatic rings. The Labute approximate surface area is 159 Å². The van der Waals surface area contributed by atoms with Gasteiger partial charge in [-0.25, -0.2) is 13.1 Å². The van der Waals surface area contributed by atoms with E-state index in [1.165, 1.54) is 6.20 Å². The summed E-state index contributed by atoms with van der Waals surface area (Å²) in [5.41, 5.74) is 0.715. The summed E-state index contributed by atoms with van der Waals surface area (Å²) in [5, 5.41) is 7.60. The van der Waals surface area contributed by atoms with E-state index in [0.717, 1.165) is 32.4 Å². The molecule has 2 bridgehead atoms. The first kappa shape index (κ1) is 19.2. The van der Waals surface area contributed by atoms with Crippen molar-refractivity contribution in [3.63, 3.8) is 0 Å². The first-order valence-corrected chi connectivity index (χ1v) is 9.97. The molecule has 0 amide bonds. The largest absolute Gasteiger partial charge is 0.494 e. The number of nitrogens with zero attached hydrogens (tertiary/aromatic N) is 3. The van der Waals surface area contributed by atoms with Gasteiger partial charge in [0.25, 0.3) is 0 Å². The van der Waals surface area contributed by atoms with Crippen molar-refractivity contribution in [3.05, 3.63) is 36.7 Å². The molecule has 0 radical (unpaired) electrons. The highest BCUT2D eigenvalue weighted by atomic mass is 35.5. The Morgan fingerprint density at radius 1 is 1.19 bits per heavy atom. The number of sulfonamides is 1. The van der Waals surface area contributed by atoms with Gasteiger partial charge in [-0.1, -0.05) is 12.1 Å². The zero-order valence-electron chi connectivity index (χ0n) is 14.5. The van der Waals surface area contributed by atoms with E-state index >= 15 is 0 Å². The second-order valence-electron chi connectivity index (χ2n) is 6.51. The van der Waals surface area contributed by atoms with Crippen LogP contribution < -0.4 is 10.1 Å². The van der Waals surface area contributed by atoms with Crippen LogP contribution in [0.1, 0.15) is 19.3 Å². The standard InChI is InChI=1S/C17H22N4O3S.ClH/c1-24-17-5-3-2-4-16(17)20-12-15(11-19-20)25(22,23)21-13-6-7-14(21)10-18-9-8-13;/h2-5,11-14,18H,6-10H2,1H3;1H. The third-order valence-electron chi connectivity index (χ3n) is 5.05. The predicted molar refractivity (Wildman–Crippen MR) is 101 cm³/mol. The Balaban J connectivity index is 0.00000196. The summed E-state index contributed by atoms with van der Waals surface area (Å²) in [5.74, 6) is 0.647. The van der Waals surface area contributed by atoms with Crippen LogP contribution in [-0.2, 0) is 10.0 Å². The molecular weight excluding hydrogens is 376 g/mol. The molecule has 2 saturated heterocycles. The SMILES string of the molecule is COc1ccccc1-n1cc(S(=O)(=O)N2C3CCNCC2CC3)cn1.Cl. The summed E-state index contributed by atoms with van der Waals surface area (Å²) >= 11 is 0. The van der Waals surface area contributed by atoms with Gasteiger partial charge in [0.2, 0.25) is 10.0 Å². The number of fused-ring (bicyclic) bond motifs is 2. The van der Waals surface area contributed by atoms with Crippen molar-refractivity contribution in [2.45, 2.75) is 36.2 Å². The minimum absolute atomic E-state index is 0. The number of para-hydroxylation sites is 2. The Morgan fingerprint density at radius 2 is 1.96 bits per heavy atom. The third-order valence-corrected chi connectivity index (χ3v) is 7.01. The molecule has 26 heavy (non-hydrogen) atoms. The fraction of sp³-hybridized carbons (Fsp3) is 0.471. The van der Waals surface area contributed by atoms with Crippen molar-refractivity contribution >= 4 is 22.4 Å². The van der Waals surface area contributed by atoms with Gasteiger partial charge in [0.15, 0.2) is 0 Å². The molecule has 0 aliphatic carbocycles. The van der Waals surface area contributed by atoms with Crippen LogP contribution in [0.5, 0.6) is 5.75 Å². The molecule has 4 rings (SSSR count). The minimum atomic E-state index is -3.56. The second kappa shape index (κ2) is 7.56. The highest BCUT2D eigenvalue weighted by Gasteiger charge is 2.43. The molecule has 1 N–H and O–H groups in total. The lowest BCUT2D eigenvalue weighted by molar-refractivity contribution is 0.334. The molecule has 2 unspecified atom stereocenters. The number of methoxy groups -OCH3 is 1. The minimum Gasteiger partial charge on any atom is -0.494 e. The number of hydrogen-bond acceptors (Lipinski definition) is 5. The highest BCUT2D eigenvalue weighted by molar-refractivity contribution is 7.89. The van der Waals surface area contributed by atoms with Gasteiger partial charge in [-0.15, -0.1) is 12.4 Å². The summed E-state index contributed by atoms with van der Waals surface area (Å²) in [7, 11) is -1.97. The summed E-state index contributed by atoms with van der Waals surface area (Å²) in [6, 6.07) is 7.53. The van der Waals surface area contributed by atoms with Gasteiger partial charge in [-0.05, 0) is 37.9 Å². The quantitative estimate of drug-likeness (QED) is 0.850. The summed E-state index contributed by atoms with van der Waals surface area (Å²) in [4.78, 5) is 0.234. The fourth-order valence-corrected chi connectivity index (χ4v) is 5.68. The van der Waals surface area contributed by atoms with E-state index in [-0.39, 0.29) is 29.4 Å². The molecule has 0 spiro atoms. The maximum atomic E-state index is 13.2. The lowest BCUT2D eigenvalue weighted by atomic mass is 10.1. The van der Waals surface area contributed by atoms with Crippen LogP contribution in [-0.4, -0.2) is 54.8 Å². The monoisotopic (exact) mass is 398 g/mol. The van der Waals surface area contributed by atoms with Gasteiger partial charge in [0.05, 0.1) is 19.5 Å². The number of hydrogen-bond donors (Lipinski definition) is 1. The van der Waals surface area contributed by atoms with Crippen LogP contribution in [0.2, 0.25) is 0 Å². The number of halogens is 1. The molecule has 7 nitrogen and oxygen atoms in total. The van der Waals surface area contributed by atoms with Gasteiger partial charge >= 0.3 is 0 Å². The smallest absolute Gasteiger partial charge is 0.246 e. The normalized spacial score (nSPS) is 23.3. The van der Waals surface area contributed by atoms with Gasteiger partial charge in [0, 0.05) is 18.6 Å². The Kier molecular flexibility index (Phi) is 5.57. The topological polar surface area (TPSA) is 76.5 Å². The van der Waals surface area contributed by atoms with Crippen LogP contribution in [0.3, 0.4) is 0 Å². The molecule has 9 heteroatoms. The first-order valence-electron chi connectivity index (χ1n) is 8.53. The van der Waals surface area contributed by atoms with E-state index in [1.807, 2.05) is 24.3 Å². The second-order valence-corrected chi connectivity index (χ2v) is 8.35. The van der Waals surface area contributed by atoms with Crippen molar-refractivity contribution in [1.29, 1.82) is 0 Å². The van der Waals surface area contributed by atoms with Crippen molar-refractivity contribution in [2.24, 2.45) is 0 Å². The third kappa shape index (κ3) is 3.22. The first-order chi connectivity index (χ1) is 12.1. The maximum Gasteiger partial charge on any atom is 0.246 e. The van der Waals surface area contributed by atoms with Crippen LogP contribution in [0.15, 0.2) is 41.6 Å². The maximum absolute atomic E-state index is 13.2. The van der Waals surface area contributed by atoms with Crippen molar-refractivity contribution in [3.8, 4) is 11.4 Å². The van der Waals surface area contributed by atoms with Crippen LogP contribution in [0.4, 0.5) is 0 Å². The fourth-order valence-electron chi connectivity index (χ4n) is 3.84. The zero-order chi connectivity index (χ0) is 17.4. The Hall–Kier alpha value is -1.61. The average Bonchev–Trinajstić information content (AvgIpc) is 3.19. The molecule has 2 aromatic rings. The number of nitrogens with one attached hydrogen (secondary N) is 1. The van der Waals surface area contributed by atoms with Crippen LogP contribution in [0, 0.1) is 0 Å². The Morgan fingerprint density at radius 3 is 2.77 bits per heavy atom. The number of aromatic nitrogens is 2. The molecule has 0 saturated carbocycles. The van der Waals surface area contributed by atoms with Crippen molar-refractivity contribution < 1.29 is 13.2 Å². The predicted octanol–water partition coefficient (Wildman–Crippen LogP) is 1.82. The van der Waals surface area contributed by atoms with E-state index in [9.17, 15) is 8.42 Å². The van der Waals surface area contributed by atoms with E-state index in [4.69, 9.17) is 4.74 Å². The number of benzene rings is 1. The molecular formula is C17H23ClN4O3S. The van der Waals surface area contributed by atoms with Crippen LogP contribution in [0.25, 0.3) is 5.69 Å². The highest BCUT2D eigenvalue weighted by Crippen LogP contribution is 2.34. The number of rotatable bonds is 4. The van der Waals surface area contributed by atoms with E-state index in [0.29, 0.717) is 11.4 Å². The van der Waals surface area contributed by atoms with E-state index in [2.05, 4.69) is 10.4 Å². The Bertz CT molecular complexity index is 856. The van der Waals surface area contributed by atoms with Gasteiger partial charge < -0.3 is 10.1 Å².